The average Bonchev–Trinajstić information content (AvgIpc) is 3.41. The van der Waals surface area contributed by atoms with E-state index in [4.69, 9.17) is 18.5 Å². The van der Waals surface area contributed by atoms with E-state index in [-0.39, 0.29) is 26.1 Å². The molecule has 2 atom stereocenters. The standard InChI is InChI=1S/C69H114NO8P/c1-6-8-10-12-14-16-18-20-22-23-24-25-26-27-28-29-30-31-32-33-34-35-36-37-38-39-40-41-42-43-44-45-46-47-48-50-52-54-56-58-60-62-69(72)78-67(66-77-79(73,74)76-64-63-70(3,4)5)65-75-68(71)61-59-57-55-53-51-49-21-19-17-15-13-11-9-7-2/h8,10,13-16,19-22,24-25,27-28,30-31,33-34,36-37,39-40,42-43,67H,6-7,9,11-12,17-18,23,26,29,32,35,38,41,44-66H2,1-5H3/b10-8-,15-13-,16-14-,21-19-,22-20-,25-24-,28-27-,31-30-,34-33-,37-36-,40-39-,43-42-. The third kappa shape index (κ3) is 62.9. The predicted octanol–water partition coefficient (Wildman–Crippen LogP) is 19.2. The van der Waals surface area contributed by atoms with Gasteiger partial charge >= 0.3 is 11.9 Å². The van der Waals surface area contributed by atoms with Crippen LogP contribution in [0.3, 0.4) is 0 Å². The number of ether oxygens (including phenoxy) is 2. The molecule has 2 unspecified atom stereocenters. The second kappa shape index (κ2) is 58.5. The Hall–Kier alpha value is -4.11. The van der Waals surface area contributed by atoms with Crippen molar-refractivity contribution in [2.75, 3.05) is 47.5 Å². The first-order chi connectivity index (χ1) is 38.5. The van der Waals surface area contributed by atoms with E-state index >= 15 is 0 Å². The molecule has 0 aromatic heterocycles. The van der Waals surface area contributed by atoms with Gasteiger partial charge in [0.05, 0.1) is 27.7 Å². The molecule has 448 valence electrons. The van der Waals surface area contributed by atoms with Gasteiger partial charge in [0.1, 0.15) is 19.8 Å². The summed E-state index contributed by atoms with van der Waals surface area (Å²) in [6.07, 6.45) is 86.2. The molecule has 0 saturated heterocycles. The zero-order chi connectivity index (χ0) is 57.7. The Kier molecular flexibility index (Phi) is 55.5. The molecule has 0 aliphatic heterocycles. The number of hydrogen-bond donors (Lipinski definition) is 0. The molecule has 9 nitrogen and oxygen atoms in total. The summed E-state index contributed by atoms with van der Waals surface area (Å²) in [6, 6.07) is 0. The smallest absolute Gasteiger partial charge is 0.306 e. The Labute approximate surface area is 484 Å². The number of quaternary nitrogens is 1. The molecule has 0 fully saturated rings. The second-order valence-corrected chi connectivity index (χ2v) is 22.7. The van der Waals surface area contributed by atoms with Crippen LogP contribution in [0.4, 0.5) is 0 Å². The maximum absolute atomic E-state index is 12.8. The maximum Gasteiger partial charge on any atom is 0.306 e. The highest BCUT2D eigenvalue weighted by Gasteiger charge is 2.22. The van der Waals surface area contributed by atoms with Crippen LogP contribution in [0.15, 0.2) is 146 Å². The van der Waals surface area contributed by atoms with Crippen molar-refractivity contribution in [1.29, 1.82) is 0 Å². The summed E-state index contributed by atoms with van der Waals surface area (Å²) in [5.74, 6) is -0.864. The fourth-order valence-corrected chi connectivity index (χ4v) is 8.55. The zero-order valence-corrected chi connectivity index (χ0v) is 51.7. The minimum absolute atomic E-state index is 0.0407. The van der Waals surface area contributed by atoms with Crippen molar-refractivity contribution in [2.45, 2.75) is 232 Å². The molecule has 79 heavy (non-hydrogen) atoms. The number of phosphoric ester groups is 1. The van der Waals surface area contributed by atoms with E-state index in [1.54, 1.807) is 0 Å². The van der Waals surface area contributed by atoms with E-state index in [0.717, 1.165) is 135 Å². The number of carbonyl (C=O) groups is 2. The van der Waals surface area contributed by atoms with Crippen LogP contribution in [0.5, 0.6) is 0 Å². The first kappa shape index (κ1) is 74.9. The van der Waals surface area contributed by atoms with E-state index in [9.17, 15) is 19.0 Å². The largest absolute Gasteiger partial charge is 0.756 e. The highest BCUT2D eigenvalue weighted by molar-refractivity contribution is 7.45. The molecule has 0 radical (unpaired) electrons. The number of likely N-dealkylation sites (N-methyl/N-ethyl adjacent to an activating group) is 1. The molecule has 0 heterocycles. The minimum Gasteiger partial charge on any atom is -0.756 e. The van der Waals surface area contributed by atoms with Gasteiger partial charge in [-0.2, -0.15) is 0 Å². The van der Waals surface area contributed by atoms with Crippen LogP contribution >= 0.6 is 7.82 Å². The molecule has 0 saturated carbocycles. The van der Waals surface area contributed by atoms with Crippen LogP contribution in [0.1, 0.15) is 226 Å². The number of nitrogens with zero attached hydrogens (tertiary/aromatic N) is 1. The third-order valence-electron chi connectivity index (χ3n) is 12.6. The van der Waals surface area contributed by atoms with Crippen molar-refractivity contribution in [3.05, 3.63) is 146 Å². The van der Waals surface area contributed by atoms with E-state index in [2.05, 4.69) is 160 Å². The van der Waals surface area contributed by atoms with Crippen molar-refractivity contribution < 1.29 is 42.1 Å². The predicted molar refractivity (Wildman–Crippen MR) is 337 cm³/mol. The first-order valence-electron chi connectivity index (χ1n) is 31.0. The summed E-state index contributed by atoms with van der Waals surface area (Å²) in [6.45, 7) is 4.04. The molecule has 0 N–H and O–H groups in total. The molecule has 0 bridgehead atoms. The highest BCUT2D eigenvalue weighted by atomic mass is 31.2. The van der Waals surface area contributed by atoms with Gasteiger partial charge in [-0.15, -0.1) is 0 Å². The van der Waals surface area contributed by atoms with Crippen molar-refractivity contribution >= 4 is 19.8 Å². The van der Waals surface area contributed by atoms with Gasteiger partial charge in [-0.05, 0) is 116 Å². The molecule has 0 spiro atoms. The lowest BCUT2D eigenvalue weighted by Crippen LogP contribution is -2.37. The molecule has 0 aliphatic rings. The SMILES string of the molecule is CC/C=C\C/C=C\C/C=C\C/C=C\C/C=C\C/C=C\C/C=C\C/C=C\C/C=C\C/C=C\CCCCCCCCCCCCC(=O)OC(COC(=O)CCCCCCC/C=C\C/C=C\CCCC)COP(=O)([O-])OCC[N+](C)(C)C. The van der Waals surface area contributed by atoms with Gasteiger partial charge < -0.3 is 27.9 Å². The molecular formula is C69H114NO8P. The Balaban J connectivity index is 4.09. The van der Waals surface area contributed by atoms with E-state index < -0.39 is 32.5 Å². The van der Waals surface area contributed by atoms with Crippen LogP contribution < -0.4 is 4.89 Å². The van der Waals surface area contributed by atoms with Crippen molar-refractivity contribution in [3.63, 3.8) is 0 Å². The number of esters is 2. The number of allylic oxidation sites excluding steroid dienone is 24. The van der Waals surface area contributed by atoms with E-state index in [1.165, 1.54) is 51.4 Å². The quantitative estimate of drug-likeness (QED) is 0.0195. The summed E-state index contributed by atoms with van der Waals surface area (Å²) in [4.78, 5) is 37.8. The van der Waals surface area contributed by atoms with Crippen LogP contribution in [0.2, 0.25) is 0 Å². The third-order valence-corrected chi connectivity index (χ3v) is 13.6. The molecule has 0 amide bonds. The summed E-state index contributed by atoms with van der Waals surface area (Å²) in [5.41, 5.74) is 0. The van der Waals surface area contributed by atoms with Gasteiger partial charge in [-0.3, -0.25) is 14.2 Å². The lowest BCUT2D eigenvalue weighted by Gasteiger charge is -2.28. The van der Waals surface area contributed by atoms with Crippen LogP contribution in [0, 0.1) is 0 Å². The first-order valence-corrected chi connectivity index (χ1v) is 32.5. The van der Waals surface area contributed by atoms with Crippen molar-refractivity contribution in [2.24, 2.45) is 0 Å². The molecule has 0 rings (SSSR count). The molecule has 0 aliphatic carbocycles. The van der Waals surface area contributed by atoms with Crippen molar-refractivity contribution in [1.82, 2.24) is 0 Å². The normalized spacial score (nSPS) is 14.3. The Morgan fingerprint density at radius 1 is 0.405 bits per heavy atom. The maximum atomic E-state index is 12.8. The topological polar surface area (TPSA) is 111 Å². The van der Waals surface area contributed by atoms with Gasteiger partial charge in [0.25, 0.3) is 7.82 Å². The second-order valence-electron chi connectivity index (χ2n) is 21.3. The van der Waals surface area contributed by atoms with Gasteiger partial charge in [0.15, 0.2) is 6.10 Å². The highest BCUT2D eigenvalue weighted by Crippen LogP contribution is 2.38. The lowest BCUT2D eigenvalue weighted by atomic mass is 10.0. The summed E-state index contributed by atoms with van der Waals surface area (Å²) >= 11 is 0. The van der Waals surface area contributed by atoms with Gasteiger partial charge in [0.2, 0.25) is 0 Å². The Morgan fingerprint density at radius 3 is 1.08 bits per heavy atom. The molecular weight excluding hydrogens is 1000 g/mol. The number of unbranched alkanes of at least 4 members (excludes halogenated alkanes) is 17. The van der Waals surface area contributed by atoms with E-state index in [0.29, 0.717) is 23.9 Å². The Bertz CT molecular complexity index is 1840. The fourth-order valence-electron chi connectivity index (χ4n) is 7.82. The summed E-state index contributed by atoms with van der Waals surface area (Å²) < 4.78 is 34.1. The number of phosphoric acid groups is 1. The van der Waals surface area contributed by atoms with Gasteiger partial charge in [-0.25, -0.2) is 0 Å². The molecule has 0 aromatic carbocycles. The van der Waals surface area contributed by atoms with Gasteiger partial charge in [-0.1, -0.05) is 243 Å². The average molecular weight is 1120 g/mol. The number of rotatable bonds is 55. The summed E-state index contributed by atoms with van der Waals surface area (Å²) in [7, 11) is 1.14. The fraction of sp³-hybridized carbons (Fsp3) is 0.623. The van der Waals surface area contributed by atoms with Gasteiger partial charge in [0, 0.05) is 12.8 Å². The number of hydrogen-bond acceptors (Lipinski definition) is 8. The summed E-state index contributed by atoms with van der Waals surface area (Å²) in [5, 5.41) is 0. The monoisotopic (exact) mass is 1120 g/mol. The van der Waals surface area contributed by atoms with Crippen LogP contribution in [0.25, 0.3) is 0 Å². The molecule has 10 heteroatoms. The van der Waals surface area contributed by atoms with Crippen LogP contribution in [-0.2, 0) is 32.7 Å². The van der Waals surface area contributed by atoms with E-state index in [1.807, 2.05) is 21.1 Å². The molecule has 0 aromatic rings. The zero-order valence-electron chi connectivity index (χ0n) is 50.8. The van der Waals surface area contributed by atoms with Crippen molar-refractivity contribution in [3.8, 4) is 0 Å². The lowest BCUT2D eigenvalue weighted by molar-refractivity contribution is -0.870. The Morgan fingerprint density at radius 2 is 0.722 bits per heavy atom. The number of carbonyl (C=O) groups excluding carboxylic acids is 2. The van der Waals surface area contributed by atoms with Crippen LogP contribution in [-0.4, -0.2) is 70.0 Å². The minimum atomic E-state index is -4.65.